The molecule has 0 fully saturated rings. The molecule has 0 aliphatic carbocycles. The summed E-state index contributed by atoms with van der Waals surface area (Å²) in [5.74, 6) is 0. The second kappa shape index (κ2) is 16.5. The molecule has 0 unspecified atom stereocenters. The van der Waals surface area contributed by atoms with Gasteiger partial charge in [0.2, 0.25) is 0 Å². The molecule has 4 heteroatoms. The van der Waals surface area contributed by atoms with Gasteiger partial charge in [0.25, 0.3) is 0 Å². The van der Waals surface area contributed by atoms with Gasteiger partial charge < -0.3 is 9.47 Å². The van der Waals surface area contributed by atoms with Crippen LogP contribution in [0.15, 0.2) is 267 Å². The minimum Gasteiger partial charge on any atom is -0.310 e. The van der Waals surface area contributed by atoms with Crippen LogP contribution in [0.5, 0.6) is 0 Å². The van der Waals surface area contributed by atoms with Gasteiger partial charge in [-0.3, -0.25) is 0 Å². The third-order valence-electron chi connectivity index (χ3n) is 13.9. The summed E-state index contributed by atoms with van der Waals surface area (Å²) < 4.78 is 5.07. The zero-order valence-electron chi connectivity index (χ0n) is 37.2. The van der Waals surface area contributed by atoms with Crippen molar-refractivity contribution in [2.45, 2.75) is 0 Å². The van der Waals surface area contributed by atoms with Crippen molar-refractivity contribution in [2.24, 2.45) is 0 Å². The third-order valence-corrected chi connectivity index (χ3v) is 19.9. The van der Waals surface area contributed by atoms with Crippen molar-refractivity contribution in [2.75, 3.05) is 4.90 Å². The molecule has 0 N–H and O–H groups in total. The lowest BCUT2D eigenvalue weighted by Gasteiger charge is -2.35. The first-order valence-electron chi connectivity index (χ1n) is 23.3. The summed E-state index contributed by atoms with van der Waals surface area (Å²) in [6.45, 7) is 0. The molecule has 11 aromatic carbocycles. The van der Waals surface area contributed by atoms with E-state index in [2.05, 4.69) is 276 Å². The van der Waals surface area contributed by atoms with Gasteiger partial charge >= 0.3 is 0 Å². The third kappa shape index (κ3) is 6.37. The Kier molecular flexibility index (Phi) is 9.74. The predicted molar refractivity (Wildman–Crippen MR) is 295 cm³/mol. The van der Waals surface area contributed by atoms with Crippen LogP contribution >= 0.6 is 11.3 Å². The molecule has 13 aromatic rings. The fraction of sp³-hybridized carbons (Fsp3) is 0. The first-order chi connectivity index (χ1) is 33.8. The van der Waals surface area contributed by atoms with Crippen molar-refractivity contribution >= 4 is 110 Å². The van der Waals surface area contributed by atoms with Gasteiger partial charge in [-0.25, -0.2) is 0 Å². The monoisotopic (exact) mass is 900 g/mol. The van der Waals surface area contributed by atoms with E-state index in [0.29, 0.717) is 0 Å². The molecule has 2 aromatic heterocycles. The molecular weight excluding hydrogens is 857 g/mol. The number of hydrogen-bond donors (Lipinski definition) is 0. The number of hydrogen-bond acceptors (Lipinski definition) is 2. The molecule has 0 aliphatic heterocycles. The van der Waals surface area contributed by atoms with E-state index in [1.165, 1.54) is 84.6 Å². The second-order valence-corrected chi connectivity index (χ2v) is 22.4. The first kappa shape index (κ1) is 40.0. The maximum atomic E-state index is 2.52. The predicted octanol–water partition coefficient (Wildman–Crippen LogP) is 14.8. The molecule has 13 rings (SSSR count). The average molecular weight is 901 g/mol. The summed E-state index contributed by atoms with van der Waals surface area (Å²) in [6.07, 6.45) is 0. The van der Waals surface area contributed by atoms with Crippen molar-refractivity contribution in [3.63, 3.8) is 0 Å². The standard InChI is InChI=1S/C64H44N2SSi/c1-5-22-47(23-6-1)66-59-34-17-15-32-57(59)62-60(44-58-56-31-16-18-35-61(56)67-64(58)63(62)66)65(48-38-36-46(37-39-48)55-33-19-21-45-20-13-14-30-54(45)55)49-40-42-53(43-41-49)68(50-24-7-2-8-25-50,51-26-9-3-10-27-51)52-28-11-4-12-29-52/h1-44H. The normalized spacial score (nSPS) is 11.8. The zero-order valence-corrected chi connectivity index (χ0v) is 39.0. The van der Waals surface area contributed by atoms with Crippen LogP contribution in [-0.2, 0) is 0 Å². The van der Waals surface area contributed by atoms with Crippen molar-refractivity contribution < 1.29 is 0 Å². The van der Waals surface area contributed by atoms with Crippen LogP contribution in [0.2, 0.25) is 0 Å². The molecule has 320 valence electrons. The molecule has 0 aliphatic rings. The van der Waals surface area contributed by atoms with Gasteiger partial charge in [-0.1, -0.05) is 212 Å². The molecule has 0 bridgehead atoms. The molecule has 2 heterocycles. The van der Waals surface area contributed by atoms with Crippen LogP contribution in [0, 0.1) is 0 Å². The SMILES string of the molecule is c1ccc(-n2c3ccccc3c3c(N(c4ccc(-c5cccc6ccccc56)cc4)c4ccc([Si](c5ccccc5)(c5ccccc5)c5ccccc5)cc4)cc4c5ccccc5sc4c32)cc1. The Morgan fingerprint density at radius 3 is 1.53 bits per heavy atom. The number of aromatic nitrogens is 1. The minimum absolute atomic E-state index is 1.09. The molecule has 0 saturated heterocycles. The van der Waals surface area contributed by atoms with Crippen molar-refractivity contribution in [1.29, 1.82) is 0 Å². The molecule has 68 heavy (non-hydrogen) atoms. The van der Waals surface area contributed by atoms with Crippen LogP contribution in [0.1, 0.15) is 0 Å². The lowest BCUT2D eigenvalue weighted by Crippen LogP contribution is -2.74. The van der Waals surface area contributed by atoms with E-state index in [-0.39, 0.29) is 0 Å². The van der Waals surface area contributed by atoms with E-state index in [1.54, 1.807) is 0 Å². The Hall–Kier alpha value is -8.28. The summed E-state index contributed by atoms with van der Waals surface area (Å²) in [7, 11) is -2.78. The highest BCUT2D eigenvalue weighted by Gasteiger charge is 2.41. The maximum Gasteiger partial charge on any atom is 0.179 e. The quantitative estimate of drug-likeness (QED) is 0.104. The number of anilines is 3. The van der Waals surface area contributed by atoms with Crippen LogP contribution in [0.25, 0.3) is 69.6 Å². The number of thiophene rings is 1. The van der Waals surface area contributed by atoms with Gasteiger partial charge in [-0.15, -0.1) is 11.3 Å². The lowest BCUT2D eigenvalue weighted by atomic mass is 9.98. The van der Waals surface area contributed by atoms with Gasteiger partial charge in [0.1, 0.15) is 0 Å². The topological polar surface area (TPSA) is 8.17 Å². The van der Waals surface area contributed by atoms with Crippen LogP contribution < -0.4 is 25.6 Å². The van der Waals surface area contributed by atoms with Gasteiger partial charge in [0.05, 0.1) is 21.4 Å². The largest absolute Gasteiger partial charge is 0.310 e. The van der Waals surface area contributed by atoms with Gasteiger partial charge in [0.15, 0.2) is 8.07 Å². The molecule has 0 amide bonds. The maximum absolute atomic E-state index is 2.78. The molecular formula is C64H44N2SSi. The highest BCUT2D eigenvalue weighted by molar-refractivity contribution is 7.26. The minimum atomic E-state index is -2.78. The Labute approximate surface area is 400 Å². The van der Waals surface area contributed by atoms with E-state index in [9.17, 15) is 0 Å². The van der Waals surface area contributed by atoms with E-state index < -0.39 is 8.07 Å². The van der Waals surface area contributed by atoms with Crippen molar-refractivity contribution in [3.8, 4) is 16.8 Å². The molecule has 0 radical (unpaired) electrons. The Morgan fingerprint density at radius 2 is 0.882 bits per heavy atom. The Balaban J connectivity index is 1.10. The van der Waals surface area contributed by atoms with Crippen LogP contribution in [-0.4, -0.2) is 12.6 Å². The molecule has 2 nitrogen and oxygen atoms in total. The van der Waals surface area contributed by atoms with E-state index in [4.69, 9.17) is 0 Å². The smallest absolute Gasteiger partial charge is 0.179 e. The number of para-hydroxylation sites is 2. The fourth-order valence-corrected chi connectivity index (χ4v) is 16.9. The Bertz CT molecular complexity index is 3840. The first-order valence-corrected chi connectivity index (χ1v) is 26.2. The van der Waals surface area contributed by atoms with Gasteiger partial charge in [0, 0.05) is 43.3 Å². The second-order valence-electron chi connectivity index (χ2n) is 17.6. The fourth-order valence-electron chi connectivity index (χ4n) is 10.9. The van der Waals surface area contributed by atoms with Gasteiger partial charge in [-0.2, -0.15) is 0 Å². The van der Waals surface area contributed by atoms with Crippen molar-refractivity contribution in [1.82, 2.24) is 4.57 Å². The summed E-state index contributed by atoms with van der Waals surface area (Å²) in [4.78, 5) is 2.52. The number of rotatable bonds is 9. The summed E-state index contributed by atoms with van der Waals surface area (Å²) in [6, 6.07) is 99.0. The highest BCUT2D eigenvalue weighted by atomic mass is 32.1. The van der Waals surface area contributed by atoms with E-state index in [1.807, 2.05) is 11.3 Å². The van der Waals surface area contributed by atoms with Crippen LogP contribution in [0.3, 0.4) is 0 Å². The van der Waals surface area contributed by atoms with E-state index in [0.717, 1.165) is 22.7 Å². The number of nitrogens with zero attached hydrogens (tertiary/aromatic N) is 2. The average Bonchev–Trinajstić information content (AvgIpc) is 3.97. The summed E-state index contributed by atoms with van der Waals surface area (Å²) in [5, 5.41) is 12.9. The number of benzene rings is 11. The molecule has 0 saturated carbocycles. The summed E-state index contributed by atoms with van der Waals surface area (Å²) in [5.41, 5.74) is 9.31. The zero-order chi connectivity index (χ0) is 45.0. The molecule has 0 atom stereocenters. The Morgan fingerprint density at radius 1 is 0.382 bits per heavy atom. The molecule has 0 spiro atoms. The van der Waals surface area contributed by atoms with Gasteiger partial charge in [-0.05, 0) is 97.2 Å². The highest BCUT2D eigenvalue weighted by Crippen LogP contribution is 2.50. The van der Waals surface area contributed by atoms with Crippen molar-refractivity contribution in [3.05, 3.63) is 267 Å². The number of fused-ring (bicyclic) bond motifs is 8. The lowest BCUT2D eigenvalue weighted by molar-refractivity contribution is 1.19. The summed E-state index contributed by atoms with van der Waals surface area (Å²) >= 11 is 1.89. The van der Waals surface area contributed by atoms with E-state index >= 15 is 0 Å². The van der Waals surface area contributed by atoms with Crippen LogP contribution in [0.4, 0.5) is 17.1 Å².